The van der Waals surface area contributed by atoms with Gasteiger partial charge in [0.05, 0.1) is 11.7 Å². The Bertz CT molecular complexity index is 649. The fourth-order valence-corrected chi connectivity index (χ4v) is 1.88. The van der Waals surface area contributed by atoms with Gasteiger partial charge in [0.25, 0.3) is 0 Å². The summed E-state index contributed by atoms with van der Waals surface area (Å²) in [6, 6.07) is 11.5. The lowest BCUT2D eigenvalue weighted by Gasteiger charge is -2.10. The average molecular weight is 380 g/mol. The molecular weight excluding hydrogens is 346 g/mol. The third-order valence-electron chi connectivity index (χ3n) is 3.50. The zero-order valence-corrected chi connectivity index (χ0v) is 14.5. The summed E-state index contributed by atoms with van der Waals surface area (Å²) in [6.45, 7) is 3.89. The number of benzene rings is 1. The van der Waals surface area contributed by atoms with Crippen molar-refractivity contribution in [3.05, 3.63) is 65.5 Å². The second-order valence-electron chi connectivity index (χ2n) is 5.38. The Hall–Kier alpha value is -2.13. The van der Waals surface area contributed by atoms with Gasteiger partial charge in [-0.25, -0.2) is 9.36 Å². The van der Waals surface area contributed by atoms with E-state index in [4.69, 9.17) is 4.74 Å². The van der Waals surface area contributed by atoms with Crippen LogP contribution in [0.4, 0.5) is 0 Å². The normalized spacial score (nSPS) is 10.4. The van der Waals surface area contributed by atoms with E-state index in [9.17, 15) is 4.79 Å². The van der Waals surface area contributed by atoms with Crippen LogP contribution in [-0.2, 0) is 11.8 Å². The number of pyridine rings is 1. The molecule has 0 saturated heterocycles. The van der Waals surface area contributed by atoms with Gasteiger partial charge < -0.3 is 17.1 Å². The number of aromatic nitrogens is 1. The van der Waals surface area contributed by atoms with Gasteiger partial charge in [0.1, 0.15) is 7.05 Å². The van der Waals surface area contributed by atoms with Crippen molar-refractivity contribution in [1.29, 1.82) is 0 Å². The second kappa shape index (κ2) is 14.1. The number of nitrogens with zero attached hydrogens (tertiary/aromatic N) is 1. The number of ether oxygens (including phenoxy) is 1. The van der Waals surface area contributed by atoms with Crippen LogP contribution in [0.3, 0.4) is 0 Å². The van der Waals surface area contributed by atoms with E-state index in [0.29, 0.717) is 5.56 Å². The van der Waals surface area contributed by atoms with Crippen molar-refractivity contribution >= 4 is 18.1 Å². The molecule has 2 rings (SSSR count). The number of carbonyl (C=O) groups excluding carboxylic acids is 1. The highest BCUT2D eigenvalue weighted by molar-refractivity contribution is 5.89. The summed E-state index contributed by atoms with van der Waals surface area (Å²) in [5.41, 5.74) is 2.77. The number of esters is 1. The summed E-state index contributed by atoms with van der Waals surface area (Å²) in [5.74, 6) is -0.263. The van der Waals surface area contributed by atoms with Gasteiger partial charge in [-0.2, -0.15) is 0 Å². The SMILES string of the molecule is C.C.C.CCC(C)OC(=O)c1ccc(C=Cc2cc[n+](C)cc2)cc1.[Cl-]. The minimum Gasteiger partial charge on any atom is -1.00 e. The van der Waals surface area contributed by atoms with Gasteiger partial charge in [0, 0.05) is 12.1 Å². The third-order valence-corrected chi connectivity index (χ3v) is 3.50. The molecule has 0 amide bonds. The van der Waals surface area contributed by atoms with E-state index in [1.54, 1.807) is 12.1 Å². The third kappa shape index (κ3) is 8.82. The van der Waals surface area contributed by atoms with E-state index in [2.05, 4.69) is 0 Å². The number of aryl methyl sites for hydroxylation is 1. The quantitative estimate of drug-likeness (QED) is 0.590. The first-order chi connectivity index (χ1) is 10.6. The topological polar surface area (TPSA) is 30.2 Å². The molecule has 1 atom stereocenters. The van der Waals surface area contributed by atoms with Gasteiger partial charge in [0.2, 0.25) is 0 Å². The van der Waals surface area contributed by atoms with E-state index in [-0.39, 0.29) is 46.8 Å². The molecular formula is C22H34ClNO2. The van der Waals surface area contributed by atoms with Crippen LogP contribution in [-0.4, -0.2) is 12.1 Å². The zero-order valence-electron chi connectivity index (χ0n) is 13.7. The number of rotatable bonds is 5. The van der Waals surface area contributed by atoms with Gasteiger partial charge in [-0.05, 0) is 36.6 Å². The average Bonchev–Trinajstić information content (AvgIpc) is 2.54. The minimum atomic E-state index is -0.263. The molecule has 0 fully saturated rings. The molecule has 0 N–H and O–H groups in total. The van der Waals surface area contributed by atoms with Gasteiger partial charge in [0.15, 0.2) is 12.4 Å². The van der Waals surface area contributed by atoms with Crippen molar-refractivity contribution in [1.82, 2.24) is 0 Å². The molecule has 1 unspecified atom stereocenters. The van der Waals surface area contributed by atoms with Crippen LogP contribution in [0, 0.1) is 0 Å². The molecule has 26 heavy (non-hydrogen) atoms. The number of hydrogen-bond donors (Lipinski definition) is 0. The first kappa shape index (κ1) is 28.7. The van der Waals surface area contributed by atoms with Crippen LogP contribution >= 0.6 is 0 Å². The summed E-state index contributed by atoms with van der Waals surface area (Å²) >= 11 is 0. The first-order valence-electron chi connectivity index (χ1n) is 7.53. The summed E-state index contributed by atoms with van der Waals surface area (Å²) in [7, 11) is 1.99. The van der Waals surface area contributed by atoms with E-state index >= 15 is 0 Å². The highest BCUT2D eigenvalue weighted by Crippen LogP contribution is 2.11. The highest BCUT2D eigenvalue weighted by atomic mass is 35.5. The molecule has 0 aliphatic carbocycles. The number of hydrogen-bond acceptors (Lipinski definition) is 2. The molecule has 1 heterocycles. The molecule has 0 aliphatic heterocycles. The lowest BCUT2D eigenvalue weighted by atomic mass is 10.1. The minimum absolute atomic E-state index is 0. The fraction of sp³-hybridized carbons (Fsp3) is 0.364. The Morgan fingerprint density at radius 1 is 1.00 bits per heavy atom. The molecule has 3 nitrogen and oxygen atoms in total. The maximum atomic E-state index is 11.9. The molecule has 4 heteroatoms. The smallest absolute Gasteiger partial charge is 0.338 e. The number of halogens is 1. The van der Waals surface area contributed by atoms with Gasteiger partial charge in [-0.1, -0.05) is 53.5 Å². The van der Waals surface area contributed by atoms with Crippen LogP contribution in [0.2, 0.25) is 0 Å². The van der Waals surface area contributed by atoms with Crippen molar-refractivity contribution in [3.8, 4) is 0 Å². The maximum Gasteiger partial charge on any atom is 0.338 e. The Morgan fingerprint density at radius 3 is 1.92 bits per heavy atom. The standard InChI is InChI=1S/C19H22NO2.3CH4.ClH/c1-4-15(2)22-19(21)18-9-7-16(8-10-18)5-6-17-11-13-20(3)14-12-17;;;;/h5-15H,4H2,1-3H3;3*1H4;1H/q+1;;;;/p-1. The summed E-state index contributed by atoms with van der Waals surface area (Å²) in [6.07, 6.45) is 8.86. The lowest BCUT2D eigenvalue weighted by Crippen LogP contribution is -3.00. The first-order valence-corrected chi connectivity index (χ1v) is 7.53. The molecule has 0 bridgehead atoms. The molecule has 0 saturated carbocycles. The molecule has 0 spiro atoms. The van der Waals surface area contributed by atoms with E-state index in [1.807, 2.05) is 74.3 Å². The van der Waals surface area contributed by atoms with Crippen molar-refractivity contribution < 1.29 is 26.5 Å². The second-order valence-corrected chi connectivity index (χ2v) is 5.38. The van der Waals surface area contributed by atoms with Crippen LogP contribution in [0.5, 0.6) is 0 Å². The highest BCUT2D eigenvalue weighted by Gasteiger charge is 2.09. The van der Waals surface area contributed by atoms with Crippen molar-refractivity contribution in [2.24, 2.45) is 7.05 Å². The Kier molecular flexibility index (Phi) is 15.5. The fourth-order valence-electron chi connectivity index (χ4n) is 1.88. The summed E-state index contributed by atoms with van der Waals surface area (Å²) < 4.78 is 7.30. The van der Waals surface area contributed by atoms with E-state index < -0.39 is 0 Å². The monoisotopic (exact) mass is 379 g/mol. The van der Waals surface area contributed by atoms with E-state index in [0.717, 1.165) is 17.5 Å². The van der Waals surface area contributed by atoms with Gasteiger partial charge >= 0.3 is 5.97 Å². The largest absolute Gasteiger partial charge is 1.00 e. The zero-order chi connectivity index (χ0) is 15.9. The predicted molar refractivity (Wildman–Crippen MR) is 108 cm³/mol. The summed E-state index contributed by atoms with van der Waals surface area (Å²) in [5, 5.41) is 0. The van der Waals surface area contributed by atoms with Crippen LogP contribution in [0.15, 0.2) is 48.8 Å². The van der Waals surface area contributed by atoms with Crippen molar-refractivity contribution in [3.63, 3.8) is 0 Å². The van der Waals surface area contributed by atoms with Crippen molar-refractivity contribution in [2.45, 2.75) is 48.7 Å². The lowest BCUT2D eigenvalue weighted by molar-refractivity contribution is -0.671. The Morgan fingerprint density at radius 2 is 1.46 bits per heavy atom. The van der Waals surface area contributed by atoms with E-state index in [1.165, 1.54) is 0 Å². The summed E-state index contributed by atoms with van der Waals surface area (Å²) in [4.78, 5) is 11.9. The molecule has 2 aromatic rings. The molecule has 0 aliphatic rings. The maximum absolute atomic E-state index is 11.9. The van der Waals surface area contributed by atoms with Crippen LogP contribution in [0.25, 0.3) is 12.2 Å². The Balaban J connectivity index is -0.00000132. The van der Waals surface area contributed by atoms with Crippen LogP contribution < -0.4 is 17.0 Å². The van der Waals surface area contributed by atoms with Gasteiger partial charge in [-0.15, -0.1) is 0 Å². The Labute approximate surface area is 166 Å². The number of carbonyl (C=O) groups is 1. The van der Waals surface area contributed by atoms with Gasteiger partial charge in [-0.3, -0.25) is 0 Å². The predicted octanol–water partition coefficient (Wildman–Crippen LogP) is 2.55. The molecule has 1 aromatic carbocycles. The molecule has 1 aromatic heterocycles. The molecule has 0 radical (unpaired) electrons. The molecule has 146 valence electrons. The van der Waals surface area contributed by atoms with Crippen LogP contribution in [0.1, 0.15) is 64.0 Å². The van der Waals surface area contributed by atoms with Crippen molar-refractivity contribution in [2.75, 3.05) is 0 Å².